The molecule has 0 saturated carbocycles. The molecule has 0 aliphatic heterocycles. The average Bonchev–Trinajstić information content (AvgIpc) is 2.69. The molecule has 21 heavy (non-hydrogen) atoms. The molecular weight excluding hydrogens is 332 g/mol. The maximum Gasteiger partial charge on any atom is 0.357 e. The second-order valence-corrected chi connectivity index (χ2v) is 7.06. The highest BCUT2D eigenvalue weighted by molar-refractivity contribution is 9.10. The first-order valence-corrected chi connectivity index (χ1v) is 7.52. The van der Waals surface area contributed by atoms with Gasteiger partial charge in [-0.3, -0.25) is 0 Å². The van der Waals surface area contributed by atoms with Crippen molar-refractivity contribution in [1.82, 2.24) is 9.78 Å². The Labute approximate surface area is 132 Å². The summed E-state index contributed by atoms with van der Waals surface area (Å²) < 4.78 is 2.29. The highest BCUT2D eigenvalue weighted by atomic mass is 79.9. The summed E-state index contributed by atoms with van der Waals surface area (Å²) >= 11 is 3.41. The predicted octanol–water partition coefficient (Wildman–Crippen LogP) is 4.25. The van der Waals surface area contributed by atoms with Crippen LogP contribution in [0.4, 0.5) is 0 Å². The van der Waals surface area contributed by atoms with Gasteiger partial charge in [0, 0.05) is 5.41 Å². The largest absolute Gasteiger partial charge is 0.476 e. The molecule has 5 heteroatoms. The van der Waals surface area contributed by atoms with Crippen molar-refractivity contribution < 1.29 is 9.90 Å². The second kappa shape index (κ2) is 5.30. The molecule has 0 radical (unpaired) electrons. The summed E-state index contributed by atoms with van der Waals surface area (Å²) in [4.78, 5) is 11.4. The standard InChI is InChI=1S/C16H19BrN2O2/c1-9-6-7-10(2)11(8-9)19-14(16(3,4)5)12(17)13(18-19)15(20)21/h6-8H,1-5H3,(H,20,21). The van der Waals surface area contributed by atoms with Crippen molar-refractivity contribution in [3.63, 3.8) is 0 Å². The van der Waals surface area contributed by atoms with Crippen molar-refractivity contribution in [3.8, 4) is 5.69 Å². The molecule has 1 aromatic carbocycles. The van der Waals surface area contributed by atoms with E-state index in [1.165, 1.54) is 0 Å². The van der Waals surface area contributed by atoms with E-state index in [-0.39, 0.29) is 11.1 Å². The Bertz CT molecular complexity index is 712. The molecule has 0 aliphatic carbocycles. The molecule has 2 rings (SSSR count). The van der Waals surface area contributed by atoms with Gasteiger partial charge in [-0.2, -0.15) is 5.10 Å². The molecule has 0 bridgehead atoms. The lowest BCUT2D eigenvalue weighted by Gasteiger charge is -2.22. The highest BCUT2D eigenvalue weighted by Gasteiger charge is 2.29. The number of halogens is 1. The van der Waals surface area contributed by atoms with Crippen LogP contribution in [0.15, 0.2) is 22.7 Å². The molecule has 112 valence electrons. The normalized spacial score (nSPS) is 11.7. The number of carboxylic acid groups (broad SMARTS) is 1. The summed E-state index contributed by atoms with van der Waals surface area (Å²) in [7, 11) is 0. The maximum absolute atomic E-state index is 11.4. The fourth-order valence-electron chi connectivity index (χ4n) is 2.30. The van der Waals surface area contributed by atoms with Crippen LogP contribution in [0, 0.1) is 13.8 Å². The van der Waals surface area contributed by atoms with E-state index < -0.39 is 5.97 Å². The minimum atomic E-state index is -1.03. The molecular formula is C16H19BrN2O2. The SMILES string of the molecule is Cc1ccc(C)c(-n2nc(C(=O)O)c(Br)c2C(C)(C)C)c1. The van der Waals surface area contributed by atoms with E-state index in [4.69, 9.17) is 0 Å². The fourth-order valence-corrected chi connectivity index (χ4v) is 3.32. The number of hydrogen-bond acceptors (Lipinski definition) is 2. The van der Waals surface area contributed by atoms with Crippen molar-refractivity contribution >= 4 is 21.9 Å². The van der Waals surface area contributed by atoms with Gasteiger partial charge in [0.1, 0.15) is 0 Å². The minimum Gasteiger partial charge on any atom is -0.476 e. The Kier molecular flexibility index (Phi) is 3.97. The van der Waals surface area contributed by atoms with Crippen LogP contribution < -0.4 is 0 Å². The van der Waals surface area contributed by atoms with E-state index in [9.17, 15) is 9.90 Å². The molecule has 0 aliphatic rings. The zero-order chi connectivity index (χ0) is 15.9. The van der Waals surface area contributed by atoms with Gasteiger partial charge in [-0.05, 0) is 47.0 Å². The molecule has 1 heterocycles. The Morgan fingerprint density at radius 2 is 1.90 bits per heavy atom. The molecule has 0 saturated heterocycles. The molecule has 0 unspecified atom stereocenters. The first-order chi connectivity index (χ1) is 9.62. The Morgan fingerprint density at radius 3 is 2.43 bits per heavy atom. The van der Waals surface area contributed by atoms with Gasteiger partial charge >= 0.3 is 5.97 Å². The summed E-state index contributed by atoms with van der Waals surface area (Å²) in [6.07, 6.45) is 0. The predicted molar refractivity (Wildman–Crippen MR) is 86.4 cm³/mol. The van der Waals surface area contributed by atoms with Crippen LogP contribution in [-0.2, 0) is 5.41 Å². The van der Waals surface area contributed by atoms with Crippen LogP contribution >= 0.6 is 15.9 Å². The van der Waals surface area contributed by atoms with Gasteiger partial charge in [0.25, 0.3) is 0 Å². The number of rotatable bonds is 2. The minimum absolute atomic E-state index is 0.0424. The fraction of sp³-hybridized carbons (Fsp3) is 0.375. The topological polar surface area (TPSA) is 55.1 Å². The van der Waals surface area contributed by atoms with Crippen molar-refractivity contribution in [1.29, 1.82) is 0 Å². The van der Waals surface area contributed by atoms with Crippen LogP contribution in [0.1, 0.15) is 48.1 Å². The smallest absolute Gasteiger partial charge is 0.357 e. The van der Waals surface area contributed by atoms with Crippen LogP contribution in [0.25, 0.3) is 5.69 Å². The summed E-state index contributed by atoms with van der Waals surface area (Å²) in [6.45, 7) is 10.1. The van der Waals surface area contributed by atoms with Gasteiger partial charge in [0.15, 0.2) is 5.69 Å². The van der Waals surface area contributed by atoms with E-state index in [2.05, 4.69) is 21.0 Å². The molecule has 0 fully saturated rings. The third kappa shape index (κ3) is 2.88. The van der Waals surface area contributed by atoms with Gasteiger partial charge in [0.05, 0.1) is 15.9 Å². The summed E-state index contributed by atoms with van der Waals surface area (Å²) in [6, 6.07) is 6.08. The molecule has 1 aromatic heterocycles. The third-order valence-corrected chi connectivity index (χ3v) is 4.08. The second-order valence-electron chi connectivity index (χ2n) is 6.27. The summed E-state index contributed by atoms with van der Waals surface area (Å²) in [5.74, 6) is -1.03. The summed E-state index contributed by atoms with van der Waals surface area (Å²) in [5, 5.41) is 13.7. The van der Waals surface area contributed by atoms with Gasteiger partial charge in [-0.1, -0.05) is 32.9 Å². The van der Waals surface area contributed by atoms with Crippen molar-refractivity contribution in [2.75, 3.05) is 0 Å². The van der Waals surface area contributed by atoms with Gasteiger partial charge in [0.2, 0.25) is 0 Å². The Balaban J connectivity index is 2.82. The van der Waals surface area contributed by atoms with Gasteiger partial charge in [-0.15, -0.1) is 0 Å². The Hall–Kier alpha value is -1.62. The number of aromatic nitrogens is 2. The first kappa shape index (κ1) is 15.8. The van der Waals surface area contributed by atoms with E-state index in [1.807, 2.05) is 52.8 Å². The highest BCUT2D eigenvalue weighted by Crippen LogP contribution is 2.35. The number of carboxylic acids is 1. The Morgan fingerprint density at radius 1 is 1.29 bits per heavy atom. The molecule has 1 N–H and O–H groups in total. The van der Waals surface area contributed by atoms with Crippen molar-refractivity contribution in [2.45, 2.75) is 40.0 Å². The van der Waals surface area contributed by atoms with Crippen molar-refractivity contribution in [3.05, 3.63) is 45.2 Å². The molecule has 2 aromatic rings. The molecule has 0 atom stereocenters. The quantitative estimate of drug-likeness (QED) is 0.880. The lowest BCUT2D eigenvalue weighted by Crippen LogP contribution is -2.18. The van der Waals surface area contributed by atoms with Crippen LogP contribution in [0.5, 0.6) is 0 Å². The molecule has 0 spiro atoms. The number of hydrogen-bond donors (Lipinski definition) is 1. The summed E-state index contributed by atoms with van der Waals surface area (Å²) in [5.41, 5.74) is 3.73. The number of aryl methyl sites for hydroxylation is 2. The van der Waals surface area contributed by atoms with E-state index >= 15 is 0 Å². The zero-order valence-corrected chi connectivity index (χ0v) is 14.4. The monoisotopic (exact) mass is 350 g/mol. The number of nitrogens with zero attached hydrogens (tertiary/aromatic N) is 2. The van der Waals surface area contributed by atoms with E-state index in [0.29, 0.717) is 4.47 Å². The van der Waals surface area contributed by atoms with Gasteiger partial charge < -0.3 is 5.11 Å². The molecule has 4 nitrogen and oxygen atoms in total. The maximum atomic E-state index is 11.4. The van der Waals surface area contributed by atoms with Crippen molar-refractivity contribution in [2.24, 2.45) is 0 Å². The average molecular weight is 351 g/mol. The third-order valence-electron chi connectivity index (χ3n) is 3.33. The lowest BCUT2D eigenvalue weighted by atomic mass is 9.91. The van der Waals surface area contributed by atoms with E-state index in [1.54, 1.807) is 4.68 Å². The number of carbonyl (C=O) groups is 1. The van der Waals surface area contributed by atoms with E-state index in [0.717, 1.165) is 22.5 Å². The van der Waals surface area contributed by atoms with Crippen LogP contribution in [0.3, 0.4) is 0 Å². The zero-order valence-electron chi connectivity index (χ0n) is 12.9. The first-order valence-electron chi connectivity index (χ1n) is 6.73. The number of aromatic carboxylic acids is 1. The number of benzene rings is 1. The van der Waals surface area contributed by atoms with Gasteiger partial charge in [-0.25, -0.2) is 9.48 Å². The lowest BCUT2D eigenvalue weighted by molar-refractivity contribution is 0.0689. The van der Waals surface area contributed by atoms with Crippen LogP contribution in [-0.4, -0.2) is 20.9 Å². The van der Waals surface area contributed by atoms with Crippen LogP contribution in [0.2, 0.25) is 0 Å². The molecule has 0 amide bonds.